The van der Waals surface area contributed by atoms with E-state index in [0.29, 0.717) is 12.0 Å². The predicted octanol–water partition coefficient (Wildman–Crippen LogP) is 1.20. The number of carbonyl (C=O) groups excluding carboxylic acids is 3. The van der Waals surface area contributed by atoms with Crippen LogP contribution in [-0.4, -0.2) is 35.3 Å². The molecule has 0 aliphatic heterocycles. The lowest BCUT2D eigenvalue weighted by Crippen LogP contribution is -2.43. The van der Waals surface area contributed by atoms with Crippen molar-refractivity contribution >= 4 is 23.8 Å². The number of nitrogens with one attached hydrogen (secondary N) is 1. The van der Waals surface area contributed by atoms with E-state index in [-0.39, 0.29) is 22.4 Å². The number of amides is 2. The molecular formula is C16H15N3O4. The van der Waals surface area contributed by atoms with Crippen LogP contribution in [0.15, 0.2) is 42.5 Å². The summed E-state index contributed by atoms with van der Waals surface area (Å²) in [5.41, 5.74) is 8.51. The van der Waals surface area contributed by atoms with Gasteiger partial charge in [0, 0.05) is 18.3 Å². The van der Waals surface area contributed by atoms with Crippen LogP contribution in [0.1, 0.15) is 31.1 Å². The van der Waals surface area contributed by atoms with E-state index in [1.54, 1.807) is 12.1 Å². The number of hydrogen-bond acceptors (Lipinski definition) is 5. The van der Waals surface area contributed by atoms with Gasteiger partial charge in [-0.2, -0.15) is 0 Å². The largest absolute Gasteiger partial charge is 0.507 e. The Bertz CT molecular complexity index is 774. The van der Waals surface area contributed by atoms with E-state index < -0.39 is 11.8 Å². The van der Waals surface area contributed by atoms with Crippen LogP contribution in [-0.2, 0) is 0 Å². The van der Waals surface area contributed by atoms with Gasteiger partial charge in [0.05, 0.1) is 11.1 Å². The fourth-order valence-corrected chi connectivity index (χ4v) is 1.97. The van der Waals surface area contributed by atoms with Gasteiger partial charge in [-0.15, -0.1) is 0 Å². The number of nitrogen functional groups attached to an aromatic ring is 1. The molecule has 0 aliphatic rings. The Hall–Kier alpha value is -3.35. The molecule has 2 rings (SSSR count). The number of rotatable bonds is 3. The first kappa shape index (κ1) is 16.0. The molecule has 0 saturated carbocycles. The molecule has 0 radical (unpaired) electrons. The predicted molar refractivity (Wildman–Crippen MR) is 83.9 cm³/mol. The van der Waals surface area contributed by atoms with Gasteiger partial charge in [0.2, 0.25) is 0 Å². The molecule has 0 heterocycles. The van der Waals surface area contributed by atoms with Crippen LogP contribution in [0.5, 0.6) is 5.75 Å². The molecule has 2 aromatic rings. The van der Waals surface area contributed by atoms with Gasteiger partial charge < -0.3 is 10.8 Å². The van der Waals surface area contributed by atoms with Crippen molar-refractivity contribution in [2.45, 2.75) is 0 Å². The Morgan fingerprint density at radius 3 is 2.57 bits per heavy atom. The molecule has 118 valence electrons. The summed E-state index contributed by atoms with van der Waals surface area (Å²) in [5.74, 6) is -1.52. The van der Waals surface area contributed by atoms with Crippen LogP contribution in [0.25, 0.3) is 0 Å². The van der Waals surface area contributed by atoms with Gasteiger partial charge in [0.25, 0.3) is 11.8 Å². The van der Waals surface area contributed by atoms with Gasteiger partial charge in [-0.1, -0.05) is 18.2 Å². The zero-order valence-corrected chi connectivity index (χ0v) is 12.3. The number of nitrogens with zero attached hydrogens (tertiary/aromatic N) is 1. The second-order valence-electron chi connectivity index (χ2n) is 4.79. The standard InChI is InChI=1S/C16H15N3O4/c1-19(16(23)12-5-3-2-4-10(12)9-20)18-15(22)13-8-11(17)6-7-14(13)21/h2-9,21H,17H2,1H3,(H,18,22). The summed E-state index contributed by atoms with van der Waals surface area (Å²) in [7, 11) is 1.34. The lowest BCUT2D eigenvalue weighted by molar-refractivity contribution is 0.0634. The van der Waals surface area contributed by atoms with Gasteiger partial charge in [-0.3, -0.25) is 24.8 Å². The zero-order chi connectivity index (χ0) is 17.0. The summed E-state index contributed by atoms with van der Waals surface area (Å²) >= 11 is 0. The Balaban J connectivity index is 2.19. The van der Waals surface area contributed by atoms with Gasteiger partial charge in [0.15, 0.2) is 6.29 Å². The molecule has 0 spiro atoms. The molecule has 0 saturated heterocycles. The number of hydrazine groups is 1. The third-order valence-corrected chi connectivity index (χ3v) is 3.16. The molecule has 2 aromatic carbocycles. The monoisotopic (exact) mass is 313 g/mol. The second kappa shape index (κ2) is 6.61. The molecule has 0 aliphatic carbocycles. The molecule has 4 N–H and O–H groups in total. The Kier molecular flexibility index (Phi) is 4.61. The van der Waals surface area contributed by atoms with Gasteiger partial charge >= 0.3 is 0 Å². The molecule has 23 heavy (non-hydrogen) atoms. The van der Waals surface area contributed by atoms with E-state index in [0.717, 1.165) is 5.01 Å². The number of carbonyl (C=O) groups is 3. The third kappa shape index (κ3) is 3.46. The molecule has 2 amide bonds. The second-order valence-corrected chi connectivity index (χ2v) is 4.79. The van der Waals surface area contributed by atoms with E-state index >= 15 is 0 Å². The molecule has 7 heteroatoms. The van der Waals surface area contributed by atoms with E-state index in [1.807, 2.05) is 0 Å². The highest BCUT2D eigenvalue weighted by molar-refractivity contribution is 6.03. The Morgan fingerprint density at radius 2 is 1.87 bits per heavy atom. The SMILES string of the molecule is CN(NC(=O)c1cc(N)ccc1O)C(=O)c1ccccc1C=O. The van der Waals surface area contributed by atoms with Crippen LogP contribution in [0.2, 0.25) is 0 Å². The molecule has 0 fully saturated rings. The van der Waals surface area contributed by atoms with Crippen molar-refractivity contribution in [3.05, 3.63) is 59.2 Å². The summed E-state index contributed by atoms with van der Waals surface area (Å²) in [5, 5.41) is 10.6. The quantitative estimate of drug-likeness (QED) is 0.341. The average Bonchev–Trinajstić information content (AvgIpc) is 2.56. The number of aldehydes is 1. The normalized spacial score (nSPS) is 9.96. The van der Waals surface area contributed by atoms with Crippen LogP contribution in [0.3, 0.4) is 0 Å². The lowest BCUT2D eigenvalue weighted by Gasteiger charge is -2.19. The van der Waals surface area contributed by atoms with Gasteiger partial charge in [-0.05, 0) is 24.3 Å². The summed E-state index contributed by atoms with van der Waals surface area (Å²) in [6.45, 7) is 0. The molecule has 0 bridgehead atoms. The van der Waals surface area contributed by atoms with Crippen LogP contribution >= 0.6 is 0 Å². The first-order chi connectivity index (χ1) is 10.9. The summed E-state index contributed by atoms with van der Waals surface area (Å²) in [6, 6.07) is 10.2. The summed E-state index contributed by atoms with van der Waals surface area (Å²) < 4.78 is 0. The topological polar surface area (TPSA) is 113 Å². The van der Waals surface area contributed by atoms with Crippen molar-refractivity contribution in [3.63, 3.8) is 0 Å². The molecular weight excluding hydrogens is 298 g/mol. The number of anilines is 1. The molecule has 0 atom stereocenters. The third-order valence-electron chi connectivity index (χ3n) is 3.16. The maximum atomic E-state index is 12.3. The molecule has 0 aromatic heterocycles. The van der Waals surface area contributed by atoms with Crippen molar-refractivity contribution in [3.8, 4) is 5.75 Å². The van der Waals surface area contributed by atoms with Crippen molar-refractivity contribution in [2.75, 3.05) is 12.8 Å². The van der Waals surface area contributed by atoms with Crippen molar-refractivity contribution < 1.29 is 19.5 Å². The highest BCUT2D eigenvalue weighted by atomic mass is 16.3. The number of phenolic OH excluding ortho intramolecular Hbond substituents is 1. The highest BCUT2D eigenvalue weighted by Crippen LogP contribution is 2.19. The fourth-order valence-electron chi connectivity index (χ4n) is 1.97. The minimum absolute atomic E-state index is 0.0617. The van der Waals surface area contributed by atoms with E-state index in [9.17, 15) is 19.5 Å². The minimum Gasteiger partial charge on any atom is -0.507 e. The molecule has 0 unspecified atom stereocenters. The van der Waals surface area contributed by atoms with E-state index in [2.05, 4.69) is 5.43 Å². The smallest absolute Gasteiger partial charge is 0.273 e. The number of nitrogens with two attached hydrogens (primary N) is 1. The number of aromatic hydroxyl groups is 1. The Labute approximate surface area is 132 Å². The number of phenols is 1. The first-order valence-corrected chi connectivity index (χ1v) is 6.65. The highest BCUT2D eigenvalue weighted by Gasteiger charge is 2.19. The maximum absolute atomic E-state index is 12.3. The van der Waals surface area contributed by atoms with Gasteiger partial charge in [0.1, 0.15) is 5.75 Å². The van der Waals surface area contributed by atoms with Crippen LogP contribution < -0.4 is 11.2 Å². The van der Waals surface area contributed by atoms with Crippen molar-refractivity contribution in [2.24, 2.45) is 0 Å². The van der Waals surface area contributed by atoms with Crippen molar-refractivity contribution in [1.29, 1.82) is 0 Å². The van der Waals surface area contributed by atoms with Crippen LogP contribution in [0.4, 0.5) is 5.69 Å². The number of hydrogen-bond donors (Lipinski definition) is 3. The summed E-state index contributed by atoms with van der Waals surface area (Å²) in [6.07, 6.45) is 0.562. The van der Waals surface area contributed by atoms with Gasteiger partial charge in [-0.25, -0.2) is 0 Å². The zero-order valence-electron chi connectivity index (χ0n) is 12.3. The van der Waals surface area contributed by atoms with Crippen molar-refractivity contribution in [1.82, 2.24) is 10.4 Å². The van der Waals surface area contributed by atoms with Crippen LogP contribution in [0, 0.1) is 0 Å². The average molecular weight is 313 g/mol. The fraction of sp³-hybridized carbons (Fsp3) is 0.0625. The number of benzene rings is 2. The summed E-state index contributed by atoms with van der Waals surface area (Å²) in [4.78, 5) is 35.4. The minimum atomic E-state index is -0.700. The molecule has 7 nitrogen and oxygen atoms in total. The van der Waals surface area contributed by atoms with E-state index in [1.165, 1.54) is 37.4 Å². The van der Waals surface area contributed by atoms with E-state index in [4.69, 9.17) is 5.73 Å². The first-order valence-electron chi connectivity index (χ1n) is 6.65. The Morgan fingerprint density at radius 1 is 1.17 bits per heavy atom. The maximum Gasteiger partial charge on any atom is 0.273 e. The lowest BCUT2D eigenvalue weighted by atomic mass is 10.1.